The highest BCUT2D eigenvalue weighted by Gasteiger charge is 2.28. The number of carboxylic acid groups (broad SMARTS) is 2. The number of aromatic nitrogens is 3. The Balaban J connectivity index is 0.000000459. The summed E-state index contributed by atoms with van der Waals surface area (Å²) in [7, 11) is 0. The van der Waals surface area contributed by atoms with Crippen LogP contribution in [0.25, 0.3) is 11.0 Å². The molecule has 1 saturated carbocycles. The maximum Gasteiger partial charge on any atom is 0.340 e. The van der Waals surface area contributed by atoms with Crippen molar-refractivity contribution in [1.82, 2.24) is 15.0 Å². The smallest absolute Gasteiger partial charge is 0.340 e. The average Bonchev–Trinajstić information content (AvgIpc) is 3.52. The third-order valence-electron chi connectivity index (χ3n) is 8.28. The van der Waals surface area contributed by atoms with Crippen LogP contribution in [-0.2, 0) is 20.8 Å². The molecular formula is C33H37N5O8. The molecule has 2 unspecified atom stereocenters. The van der Waals surface area contributed by atoms with Gasteiger partial charge in [-0.15, -0.1) is 5.10 Å². The number of anilines is 1. The third-order valence-corrected chi connectivity index (χ3v) is 8.28. The van der Waals surface area contributed by atoms with Crippen molar-refractivity contribution in [2.45, 2.75) is 70.8 Å². The molecule has 242 valence electrons. The number of carboxylic acids is 2. The van der Waals surface area contributed by atoms with Crippen molar-refractivity contribution in [1.29, 1.82) is 0 Å². The van der Waals surface area contributed by atoms with E-state index in [0.29, 0.717) is 22.4 Å². The summed E-state index contributed by atoms with van der Waals surface area (Å²) in [6.07, 6.45) is 6.52. The Kier molecular flexibility index (Phi) is 11.0. The van der Waals surface area contributed by atoms with E-state index in [4.69, 9.17) is 15.3 Å². The molecule has 4 aromatic rings. The zero-order valence-electron chi connectivity index (χ0n) is 25.6. The number of primary amides is 1. The summed E-state index contributed by atoms with van der Waals surface area (Å²) in [6.45, 7) is 3.72. The molecule has 2 atom stereocenters. The van der Waals surface area contributed by atoms with Crippen LogP contribution >= 0.6 is 0 Å². The van der Waals surface area contributed by atoms with E-state index in [2.05, 4.69) is 22.6 Å². The van der Waals surface area contributed by atoms with Crippen molar-refractivity contribution < 1.29 is 33.8 Å². The first kappa shape index (κ1) is 33.6. The Morgan fingerprint density at radius 2 is 1.74 bits per heavy atom. The fourth-order valence-corrected chi connectivity index (χ4v) is 5.65. The molecular weight excluding hydrogens is 594 g/mol. The molecule has 5 rings (SSSR count). The monoisotopic (exact) mass is 631 g/mol. The molecule has 1 aliphatic carbocycles. The number of carbonyl (C=O) groups is 4. The highest BCUT2D eigenvalue weighted by Crippen LogP contribution is 2.35. The third kappa shape index (κ3) is 8.43. The van der Waals surface area contributed by atoms with Gasteiger partial charge in [0.05, 0.1) is 24.1 Å². The Hall–Kier alpha value is -5.33. The zero-order valence-corrected chi connectivity index (χ0v) is 25.6. The number of nitrogens with zero attached hydrogens (tertiary/aromatic N) is 3. The van der Waals surface area contributed by atoms with Gasteiger partial charge in [-0.1, -0.05) is 49.6 Å². The summed E-state index contributed by atoms with van der Waals surface area (Å²) >= 11 is 0. The lowest BCUT2D eigenvalue weighted by molar-refractivity contribution is -0.140. The van der Waals surface area contributed by atoms with Crippen molar-refractivity contribution >= 4 is 40.4 Å². The highest BCUT2D eigenvalue weighted by atomic mass is 16.4. The van der Waals surface area contributed by atoms with Crippen LogP contribution in [0.2, 0.25) is 0 Å². The van der Waals surface area contributed by atoms with Gasteiger partial charge in [0.25, 0.3) is 0 Å². The fraction of sp³-hybridized carbons (Fsp3) is 0.364. The van der Waals surface area contributed by atoms with Crippen LogP contribution in [0.1, 0.15) is 84.6 Å². The molecule has 0 spiro atoms. The van der Waals surface area contributed by atoms with Gasteiger partial charge in [0.2, 0.25) is 11.8 Å². The van der Waals surface area contributed by atoms with Crippen LogP contribution in [-0.4, -0.2) is 49.0 Å². The van der Waals surface area contributed by atoms with E-state index in [1.807, 2.05) is 6.07 Å². The van der Waals surface area contributed by atoms with Crippen LogP contribution in [0, 0.1) is 12.8 Å². The van der Waals surface area contributed by atoms with Gasteiger partial charge in [-0.3, -0.25) is 19.2 Å². The molecule has 2 aromatic heterocycles. The Morgan fingerprint density at radius 3 is 2.35 bits per heavy atom. The molecule has 46 heavy (non-hydrogen) atoms. The van der Waals surface area contributed by atoms with Gasteiger partial charge in [0.1, 0.15) is 11.6 Å². The number of benzene rings is 2. The maximum atomic E-state index is 13.2. The zero-order chi connectivity index (χ0) is 33.4. The number of carbonyl (C=O) groups excluding carboxylic acids is 2. The number of fused-ring (bicyclic) bond motifs is 1. The second-order valence-electron chi connectivity index (χ2n) is 11.4. The summed E-state index contributed by atoms with van der Waals surface area (Å²) in [5, 5.41) is 30.0. The minimum Gasteiger partial charge on any atom is -0.481 e. The second-order valence-corrected chi connectivity index (χ2v) is 11.4. The topological polar surface area (TPSA) is 208 Å². The lowest BCUT2D eigenvalue weighted by atomic mass is 9.80. The second kappa shape index (κ2) is 15.1. The first-order chi connectivity index (χ1) is 21.9. The number of aliphatic carboxylic acids is 2. The van der Waals surface area contributed by atoms with Crippen molar-refractivity contribution in [3.63, 3.8) is 0 Å². The van der Waals surface area contributed by atoms with Crippen LogP contribution in [0.15, 0.2) is 63.9 Å². The Labute approximate surface area is 264 Å². The number of nitrogens with two attached hydrogens (primary N) is 1. The molecule has 1 fully saturated rings. The lowest BCUT2D eigenvalue weighted by Crippen LogP contribution is -2.28. The lowest BCUT2D eigenvalue weighted by Gasteiger charge is -2.26. The van der Waals surface area contributed by atoms with Crippen LogP contribution in [0.5, 0.6) is 0 Å². The summed E-state index contributed by atoms with van der Waals surface area (Å²) in [4.78, 5) is 58.5. The molecule has 2 aromatic carbocycles. The molecule has 13 heteroatoms. The number of hydrogen-bond acceptors (Lipinski definition) is 8. The number of hydrogen-bond donors (Lipinski definition) is 4. The summed E-state index contributed by atoms with van der Waals surface area (Å²) in [5.74, 6) is -2.66. The first-order valence-corrected chi connectivity index (χ1v) is 15.0. The minimum absolute atomic E-state index is 0.0581. The van der Waals surface area contributed by atoms with Gasteiger partial charge < -0.3 is 25.7 Å². The van der Waals surface area contributed by atoms with E-state index in [1.165, 1.54) is 30.0 Å². The largest absolute Gasteiger partial charge is 0.481 e. The predicted octanol–water partition coefficient (Wildman–Crippen LogP) is 4.44. The van der Waals surface area contributed by atoms with E-state index < -0.39 is 42.4 Å². The summed E-state index contributed by atoms with van der Waals surface area (Å²) in [6, 6.07) is 12.3. The van der Waals surface area contributed by atoms with Crippen LogP contribution in [0.3, 0.4) is 0 Å². The molecule has 1 aliphatic rings. The number of rotatable bonds is 10. The molecule has 2 amide bonds. The van der Waals surface area contributed by atoms with E-state index in [0.717, 1.165) is 18.5 Å². The number of amides is 2. The molecule has 0 radical (unpaired) electrons. The van der Waals surface area contributed by atoms with Gasteiger partial charge in [-0.25, -0.2) is 9.48 Å². The maximum absolute atomic E-state index is 13.2. The van der Waals surface area contributed by atoms with E-state index in [1.54, 1.807) is 49.5 Å². The van der Waals surface area contributed by atoms with Gasteiger partial charge in [0, 0.05) is 34.8 Å². The summed E-state index contributed by atoms with van der Waals surface area (Å²) < 4.78 is 6.60. The quantitative estimate of drug-likeness (QED) is 0.181. The van der Waals surface area contributed by atoms with Gasteiger partial charge in [0.15, 0.2) is 0 Å². The summed E-state index contributed by atoms with van der Waals surface area (Å²) in [5.41, 5.74) is 6.50. The Bertz CT molecular complexity index is 1780. The van der Waals surface area contributed by atoms with Crippen molar-refractivity contribution in [3.05, 3.63) is 87.5 Å². The standard InChI is InChI=1S/C26H30N4O7.C7H7NO/c1-14(16-6-4-3-5-7-16)20-13-30(29-28-20)21(12-24(33)34)25(35)27-17-8-9-18-15(2)19(11-23(31)32)26(36)37-22(18)10-17;8-7(9)6-4-2-1-3-5-6/h8-10,13-14,16,21H,3-7,11-12H2,1-2H3,(H,27,35)(H,31,32)(H,33,34);1-5H,(H2,8,9). The van der Waals surface area contributed by atoms with Gasteiger partial charge in [-0.05, 0) is 55.5 Å². The van der Waals surface area contributed by atoms with Crippen molar-refractivity contribution in [2.75, 3.05) is 5.32 Å². The van der Waals surface area contributed by atoms with E-state index >= 15 is 0 Å². The fourth-order valence-electron chi connectivity index (χ4n) is 5.65. The molecule has 13 nitrogen and oxygen atoms in total. The predicted molar refractivity (Wildman–Crippen MR) is 168 cm³/mol. The molecule has 5 N–H and O–H groups in total. The minimum atomic E-state index is -1.16. The normalized spacial score (nSPS) is 14.5. The molecule has 0 aliphatic heterocycles. The highest BCUT2D eigenvalue weighted by molar-refractivity contribution is 5.97. The number of aryl methyl sites for hydroxylation is 1. The van der Waals surface area contributed by atoms with Crippen LogP contribution in [0.4, 0.5) is 5.69 Å². The van der Waals surface area contributed by atoms with E-state index in [9.17, 15) is 29.1 Å². The first-order valence-electron chi connectivity index (χ1n) is 15.0. The van der Waals surface area contributed by atoms with Crippen molar-refractivity contribution in [2.24, 2.45) is 11.7 Å². The van der Waals surface area contributed by atoms with Crippen molar-refractivity contribution in [3.8, 4) is 0 Å². The molecule has 0 saturated heterocycles. The Morgan fingerprint density at radius 1 is 1.04 bits per heavy atom. The van der Waals surface area contributed by atoms with Gasteiger partial charge >= 0.3 is 17.6 Å². The molecule has 0 bridgehead atoms. The average molecular weight is 632 g/mol. The van der Waals surface area contributed by atoms with E-state index in [-0.39, 0.29) is 28.7 Å². The SMILES string of the molecule is Cc1c(CC(=O)O)c(=O)oc2cc(NC(=O)C(CC(=O)O)n3cc(C(C)C4CCCCC4)nn3)ccc12.NC(=O)c1ccccc1. The number of nitrogens with one attached hydrogen (secondary N) is 1. The molecule has 2 heterocycles. The van der Waals surface area contributed by atoms with Gasteiger partial charge in [-0.2, -0.15) is 0 Å². The van der Waals surface area contributed by atoms with Crippen LogP contribution < -0.4 is 16.7 Å².